The molecule has 0 aromatic heterocycles. The second kappa shape index (κ2) is 2.35. The molecule has 0 aromatic carbocycles. The van der Waals surface area contributed by atoms with Crippen LogP contribution >= 0.6 is 0 Å². The average molecular weight is 130 g/mol. The molecule has 1 N–H and O–H groups in total. The van der Waals surface area contributed by atoms with Crippen LogP contribution in [0.2, 0.25) is 19.6 Å². The van der Waals surface area contributed by atoms with Crippen molar-refractivity contribution in [1.29, 1.82) is 0 Å². The van der Waals surface area contributed by atoms with E-state index in [9.17, 15) is 0 Å². The van der Waals surface area contributed by atoms with Gasteiger partial charge in [-0.25, -0.2) is 0 Å². The minimum Gasteiger partial charge on any atom is -0.518 e. The zero-order valence-electron chi connectivity index (χ0n) is 6.02. The maximum atomic E-state index is 9.12. The Kier molecular flexibility index (Phi) is 2.28. The van der Waals surface area contributed by atoms with Crippen molar-refractivity contribution in [3.05, 3.63) is 11.5 Å². The average Bonchev–Trinajstić information content (AvgIpc) is 1.62. The molecule has 0 saturated carbocycles. The standard InChI is InChI=1S/C6H14OSi/c1-5-6(7)8(2,3)4/h5,7H,1-4H3/b6-5+. The van der Waals surface area contributed by atoms with Gasteiger partial charge < -0.3 is 5.11 Å². The van der Waals surface area contributed by atoms with Gasteiger partial charge in [0.25, 0.3) is 0 Å². The summed E-state index contributed by atoms with van der Waals surface area (Å²) in [5, 5.41) is 9.71. The molecule has 48 valence electrons. The van der Waals surface area contributed by atoms with E-state index in [1.54, 1.807) is 6.08 Å². The molecular weight excluding hydrogens is 116 g/mol. The van der Waals surface area contributed by atoms with Gasteiger partial charge in [-0.15, -0.1) is 0 Å². The molecule has 0 heterocycles. The molecule has 0 aliphatic rings. The zero-order valence-corrected chi connectivity index (χ0v) is 7.02. The molecule has 0 amide bonds. The highest BCUT2D eigenvalue weighted by atomic mass is 28.3. The highest BCUT2D eigenvalue weighted by Gasteiger charge is 2.17. The molecule has 2 heteroatoms. The number of hydrogen-bond donors (Lipinski definition) is 1. The smallest absolute Gasteiger partial charge is 0.121 e. The van der Waals surface area contributed by atoms with Crippen LogP contribution in [0.15, 0.2) is 11.5 Å². The van der Waals surface area contributed by atoms with Crippen molar-refractivity contribution >= 4 is 8.07 Å². The van der Waals surface area contributed by atoms with Crippen LogP contribution in [0, 0.1) is 0 Å². The maximum Gasteiger partial charge on any atom is 0.121 e. The summed E-state index contributed by atoms with van der Waals surface area (Å²) in [6.07, 6.45) is 1.78. The third kappa shape index (κ3) is 2.16. The van der Waals surface area contributed by atoms with Gasteiger partial charge in [-0.05, 0) is 6.92 Å². The lowest BCUT2D eigenvalue weighted by atomic mass is 10.7. The van der Waals surface area contributed by atoms with E-state index in [1.807, 2.05) is 6.92 Å². The first-order valence-corrected chi connectivity index (χ1v) is 6.34. The molecule has 0 saturated heterocycles. The molecular formula is C6H14OSi. The monoisotopic (exact) mass is 130 g/mol. The molecule has 0 fully saturated rings. The van der Waals surface area contributed by atoms with Gasteiger partial charge in [-0.3, -0.25) is 0 Å². The van der Waals surface area contributed by atoms with Gasteiger partial charge in [0.2, 0.25) is 0 Å². The predicted molar refractivity (Wildman–Crippen MR) is 39.7 cm³/mol. The molecule has 0 rings (SSSR count). The van der Waals surface area contributed by atoms with Gasteiger partial charge in [0.1, 0.15) is 8.07 Å². The van der Waals surface area contributed by atoms with Crippen LogP contribution in [-0.2, 0) is 0 Å². The summed E-state index contributed by atoms with van der Waals surface area (Å²) in [5.74, 6) is 0. The minimum atomic E-state index is -1.34. The van der Waals surface area contributed by atoms with E-state index in [2.05, 4.69) is 19.6 Å². The minimum absolute atomic E-state index is 0.595. The van der Waals surface area contributed by atoms with E-state index in [1.165, 1.54) is 0 Å². The van der Waals surface area contributed by atoms with Crippen LogP contribution in [0.5, 0.6) is 0 Å². The topological polar surface area (TPSA) is 20.2 Å². The van der Waals surface area contributed by atoms with Crippen LogP contribution in [0.3, 0.4) is 0 Å². The van der Waals surface area contributed by atoms with E-state index in [-0.39, 0.29) is 0 Å². The molecule has 8 heavy (non-hydrogen) atoms. The van der Waals surface area contributed by atoms with Crippen molar-refractivity contribution in [2.75, 3.05) is 0 Å². The molecule has 0 spiro atoms. The highest BCUT2D eigenvalue weighted by molar-refractivity contribution is 6.82. The maximum absolute atomic E-state index is 9.12. The van der Waals surface area contributed by atoms with Crippen LogP contribution in [0.25, 0.3) is 0 Å². The third-order valence-electron chi connectivity index (χ3n) is 1.04. The molecule has 0 atom stereocenters. The number of allylic oxidation sites excluding steroid dienone is 1. The van der Waals surface area contributed by atoms with E-state index >= 15 is 0 Å². The lowest BCUT2D eigenvalue weighted by Crippen LogP contribution is -2.23. The Morgan fingerprint density at radius 3 is 1.75 bits per heavy atom. The Balaban J connectivity index is 4.03. The van der Waals surface area contributed by atoms with E-state index in [0.717, 1.165) is 0 Å². The van der Waals surface area contributed by atoms with Crippen LogP contribution in [-0.4, -0.2) is 13.2 Å². The van der Waals surface area contributed by atoms with Gasteiger partial charge in [-0.1, -0.05) is 25.7 Å². The number of hydrogen-bond acceptors (Lipinski definition) is 1. The normalized spacial score (nSPS) is 14.2. The molecule has 1 nitrogen and oxygen atoms in total. The van der Waals surface area contributed by atoms with Gasteiger partial charge in [0, 0.05) is 0 Å². The lowest BCUT2D eigenvalue weighted by molar-refractivity contribution is 0.443. The Hall–Kier alpha value is -0.243. The van der Waals surface area contributed by atoms with E-state index in [0.29, 0.717) is 5.38 Å². The third-order valence-corrected chi connectivity index (χ3v) is 2.87. The van der Waals surface area contributed by atoms with Crippen molar-refractivity contribution < 1.29 is 5.11 Å². The second-order valence-corrected chi connectivity index (χ2v) is 7.94. The SMILES string of the molecule is C/C=C(\O)[Si](C)(C)C. The Labute approximate surface area is 52.0 Å². The summed E-state index contributed by atoms with van der Waals surface area (Å²) < 4.78 is 0. The molecule has 0 aliphatic heterocycles. The van der Waals surface area contributed by atoms with Gasteiger partial charge in [0.15, 0.2) is 0 Å². The van der Waals surface area contributed by atoms with Gasteiger partial charge in [0.05, 0.1) is 5.38 Å². The number of rotatable bonds is 1. The lowest BCUT2D eigenvalue weighted by Gasteiger charge is -2.13. The summed E-state index contributed by atoms with van der Waals surface area (Å²) in [4.78, 5) is 0. The fourth-order valence-corrected chi connectivity index (χ4v) is 1.30. The molecule has 0 unspecified atom stereocenters. The van der Waals surface area contributed by atoms with Crippen LogP contribution in [0.1, 0.15) is 6.92 Å². The first kappa shape index (κ1) is 7.76. The largest absolute Gasteiger partial charge is 0.518 e. The van der Waals surface area contributed by atoms with E-state index < -0.39 is 8.07 Å². The molecule has 0 aromatic rings. The Morgan fingerprint density at radius 2 is 1.75 bits per heavy atom. The van der Waals surface area contributed by atoms with Crippen molar-refractivity contribution in [3.63, 3.8) is 0 Å². The fraction of sp³-hybridized carbons (Fsp3) is 0.667. The summed E-state index contributed by atoms with van der Waals surface area (Å²) in [5.41, 5.74) is 0. The van der Waals surface area contributed by atoms with Crippen molar-refractivity contribution in [3.8, 4) is 0 Å². The van der Waals surface area contributed by atoms with E-state index in [4.69, 9.17) is 5.11 Å². The predicted octanol–water partition coefficient (Wildman–Crippen LogP) is 2.33. The summed E-state index contributed by atoms with van der Waals surface area (Å²) in [6.45, 7) is 8.21. The fourth-order valence-electron chi connectivity index (χ4n) is 0.433. The first-order valence-electron chi connectivity index (χ1n) is 2.84. The molecule has 0 radical (unpaired) electrons. The second-order valence-electron chi connectivity index (χ2n) is 2.92. The number of aliphatic hydroxyl groups excluding tert-OH is 1. The quantitative estimate of drug-likeness (QED) is 0.426. The van der Waals surface area contributed by atoms with Gasteiger partial charge >= 0.3 is 0 Å². The summed E-state index contributed by atoms with van der Waals surface area (Å²) in [7, 11) is -1.34. The van der Waals surface area contributed by atoms with Crippen LogP contribution < -0.4 is 0 Å². The summed E-state index contributed by atoms with van der Waals surface area (Å²) >= 11 is 0. The number of aliphatic hydroxyl groups is 1. The summed E-state index contributed by atoms with van der Waals surface area (Å²) in [6, 6.07) is 0. The van der Waals surface area contributed by atoms with Crippen LogP contribution in [0.4, 0.5) is 0 Å². The Bertz CT molecular complexity index is 99.6. The highest BCUT2D eigenvalue weighted by Crippen LogP contribution is 2.09. The first-order chi connectivity index (χ1) is 3.48. The van der Waals surface area contributed by atoms with Gasteiger partial charge in [-0.2, -0.15) is 0 Å². The van der Waals surface area contributed by atoms with Crippen molar-refractivity contribution in [2.24, 2.45) is 0 Å². The zero-order chi connectivity index (χ0) is 6.78. The van der Waals surface area contributed by atoms with Crippen molar-refractivity contribution in [2.45, 2.75) is 26.6 Å². The van der Waals surface area contributed by atoms with Crippen molar-refractivity contribution in [1.82, 2.24) is 0 Å². The Morgan fingerprint density at radius 1 is 1.38 bits per heavy atom. The molecule has 0 bridgehead atoms. The molecule has 0 aliphatic carbocycles.